The maximum absolute atomic E-state index is 4.75. The van der Waals surface area contributed by atoms with Crippen molar-refractivity contribution in [3.63, 3.8) is 0 Å². The third-order valence-corrected chi connectivity index (χ3v) is 5.81. The van der Waals surface area contributed by atoms with Crippen molar-refractivity contribution < 1.29 is 0 Å². The van der Waals surface area contributed by atoms with Crippen LogP contribution >= 0.6 is 11.3 Å². The van der Waals surface area contributed by atoms with E-state index in [1.807, 2.05) is 85.9 Å². The predicted molar refractivity (Wildman–Crippen MR) is 132 cm³/mol. The van der Waals surface area contributed by atoms with Gasteiger partial charge in [-0.3, -0.25) is 5.43 Å². The molecular weight excluding hydrogens is 416 g/mol. The zero-order valence-corrected chi connectivity index (χ0v) is 18.2. The molecule has 2 N–H and O–H groups in total. The Hall–Kier alpha value is -4.10. The fourth-order valence-electron chi connectivity index (χ4n) is 3.37. The molecule has 5 aromatic rings. The lowest BCUT2D eigenvalue weighted by Gasteiger charge is -2.00. The van der Waals surface area contributed by atoms with Crippen molar-refractivity contribution >= 4 is 43.8 Å². The van der Waals surface area contributed by atoms with E-state index in [9.17, 15) is 0 Å². The zero-order chi connectivity index (χ0) is 21.8. The Kier molecular flexibility index (Phi) is 5.55. The van der Waals surface area contributed by atoms with E-state index in [2.05, 4.69) is 37.9 Å². The van der Waals surface area contributed by atoms with Crippen molar-refractivity contribution in [3.05, 3.63) is 96.7 Å². The van der Waals surface area contributed by atoms with Crippen LogP contribution in [0.4, 0.5) is 15.8 Å². The Bertz CT molecular complexity index is 1400. The van der Waals surface area contributed by atoms with Crippen LogP contribution in [0.3, 0.4) is 0 Å². The topological polar surface area (TPSA) is 77.8 Å². The van der Waals surface area contributed by atoms with Gasteiger partial charge in [-0.1, -0.05) is 78.1 Å². The number of fused-ring (bicyclic) bond motifs is 1. The summed E-state index contributed by atoms with van der Waals surface area (Å²) in [6, 6.07) is 27.8. The van der Waals surface area contributed by atoms with E-state index in [4.69, 9.17) is 4.98 Å². The van der Waals surface area contributed by atoms with Crippen molar-refractivity contribution in [3.8, 4) is 11.3 Å². The van der Waals surface area contributed by atoms with Crippen LogP contribution in [-0.4, -0.2) is 15.7 Å². The number of aromatic amines is 1. The molecule has 32 heavy (non-hydrogen) atoms. The summed E-state index contributed by atoms with van der Waals surface area (Å²) in [7, 11) is 0. The Morgan fingerprint density at radius 2 is 1.59 bits per heavy atom. The third kappa shape index (κ3) is 4.19. The Balaban J connectivity index is 1.46. The van der Waals surface area contributed by atoms with Crippen LogP contribution < -0.4 is 5.43 Å². The lowest BCUT2D eigenvalue weighted by molar-refractivity contribution is 1.23. The minimum absolute atomic E-state index is 0.657. The highest BCUT2D eigenvalue weighted by Gasteiger charge is 2.13. The molecule has 0 atom stereocenters. The molecule has 2 heterocycles. The Morgan fingerprint density at radius 1 is 0.875 bits per heavy atom. The summed E-state index contributed by atoms with van der Waals surface area (Å²) in [6.07, 6.45) is 1.97. The molecule has 0 radical (unpaired) electrons. The van der Waals surface area contributed by atoms with E-state index in [1.54, 1.807) is 0 Å². The molecular formula is C25H20N6S. The molecule has 7 heteroatoms. The predicted octanol–water partition coefficient (Wildman–Crippen LogP) is 7.54. The SMILES string of the molecule is C/C(=N/Nc1nc(-c2ccccc2)c(N=Nc2ccccc2)s1)c1c[nH]c2ccccc12. The van der Waals surface area contributed by atoms with E-state index < -0.39 is 0 Å². The molecule has 0 aliphatic rings. The zero-order valence-electron chi connectivity index (χ0n) is 17.4. The summed E-state index contributed by atoms with van der Waals surface area (Å²) in [5.74, 6) is 0. The van der Waals surface area contributed by atoms with Gasteiger partial charge in [-0.25, -0.2) is 4.98 Å². The van der Waals surface area contributed by atoms with Gasteiger partial charge in [0.05, 0.1) is 11.4 Å². The molecule has 0 saturated heterocycles. The van der Waals surface area contributed by atoms with E-state index in [1.165, 1.54) is 11.3 Å². The van der Waals surface area contributed by atoms with Gasteiger partial charge in [-0.15, -0.1) is 10.2 Å². The molecule has 0 amide bonds. The highest BCUT2D eigenvalue weighted by atomic mass is 32.1. The van der Waals surface area contributed by atoms with Crippen molar-refractivity contribution in [2.24, 2.45) is 15.3 Å². The number of aromatic nitrogens is 2. The number of azo groups is 1. The normalized spacial score (nSPS) is 12.0. The van der Waals surface area contributed by atoms with Gasteiger partial charge in [0.2, 0.25) is 5.13 Å². The maximum atomic E-state index is 4.75. The molecule has 156 valence electrons. The lowest BCUT2D eigenvalue weighted by Crippen LogP contribution is -1.98. The summed E-state index contributed by atoms with van der Waals surface area (Å²) < 4.78 is 0. The molecule has 2 aromatic heterocycles. The number of hydrazone groups is 1. The number of hydrogen-bond acceptors (Lipinski definition) is 6. The van der Waals surface area contributed by atoms with Crippen LogP contribution in [0.2, 0.25) is 0 Å². The molecule has 0 saturated carbocycles. The van der Waals surface area contributed by atoms with E-state index in [0.717, 1.165) is 44.1 Å². The highest BCUT2D eigenvalue weighted by molar-refractivity contribution is 7.19. The van der Waals surface area contributed by atoms with Crippen LogP contribution in [0.1, 0.15) is 12.5 Å². The summed E-state index contributed by atoms with van der Waals surface area (Å²) >= 11 is 1.42. The standard InChI is InChI=1S/C25H20N6S/c1-17(21-16-26-22-15-9-8-14-20(21)22)28-31-25-27-23(18-10-4-2-5-11-18)24(32-25)30-29-19-12-6-3-7-13-19/h2-16,26H,1H3,(H,27,31)/b28-17-,30-29?. The summed E-state index contributed by atoms with van der Waals surface area (Å²) in [4.78, 5) is 8.03. The third-order valence-electron chi connectivity index (χ3n) is 4.97. The second-order valence-corrected chi connectivity index (χ2v) is 8.11. The number of para-hydroxylation sites is 1. The first-order valence-corrected chi connectivity index (χ1v) is 11.0. The van der Waals surface area contributed by atoms with Gasteiger partial charge in [-0.2, -0.15) is 5.10 Å². The van der Waals surface area contributed by atoms with Crippen LogP contribution in [0.25, 0.3) is 22.2 Å². The van der Waals surface area contributed by atoms with Crippen LogP contribution in [0.5, 0.6) is 0 Å². The number of hydrogen-bond donors (Lipinski definition) is 2. The molecule has 6 nitrogen and oxygen atoms in total. The molecule has 0 unspecified atom stereocenters. The number of benzene rings is 3. The molecule has 0 spiro atoms. The second kappa shape index (κ2) is 8.95. The van der Waals surface area contributed by atoms with Gasteiger partial charge in [0, 0.05) is 28.2 Å². The first kappa shape index (κ1) is 19.8. The van der Waals surface area contributed by atoms with Crippen LogP contribution in [-0.2, 0) is 0 Å². The van der Waals surface area contributed by atoms with Gasteiger partial charge >= 0.3 is 0 Å². The van der Waals surface area contributed by atoms with E-state index in [0.29, 0.717) is 5.13 Å². The van der Waals surface area contributed by atoms with Gasteiger partial charge in [0.1, 0.15) is 5.69 Å². The van der Waals surface area contributed by atoms with Gasteiger partial charge in [0.15, 0.2) is 5.00 Å². The van der Waals surface area contributed by atoms with E-state index >= 15 is 0 Å². The number of rotatable bonds is 6. The summed E-state index contributed by atoms with van der Waals surface area (Å²) in [6.45, 7) is 1.98. The average Bonchev–Trinajstić information content (AvgIpc) is 3.47. The minimum atomic E-state index is 0.657. The summed E-state index contributed by atoms with van der Waals surface area (Å²) in [5, 5.41) is 15.9. The largest absolute Gasteiger partial charge is 0.360 e. The van der Waals surface area contributed by atoms with Gasteiger partial charge in [-0.05, 0) is 25.1 Å². The maximum Gasteiger partial charge on any atom is 0.206 e. The number of nitrogens with zero attached hydrogens (tertiary/aromatic N) is 4. The quantitative estimate of drug-likeness (QED) is 0.164. The lowest BCUT2D eigenvalue weighted by atomic mass is 10.1. The monoisotopic (exact) mass is 436 g/mol. The fraction of sp³-hybridized carbons (Fsp3) is 0.0400. The van der Waals surface area contributed by atoms with Gasteiger partial charge in [0.25, 0.3) is 0 Å². The Labute approximate surface area is 189 Å². The number of nitrogens with one attached hydrogen (secondary N) is 2. The first-order valence-electron chi connectivity index (χ1n) is 10.2. The summed E-state index contributed by atoms with van der Waals surface area (Å²) in [5.41, 5.74) is 8.66. The number of H-pyrrole nitrogens is 1. The Morgan fingerprint density at radius 3 is 2.41 bits per heavy atom. The van der Waals surface area contributed by atoms with Crippen molar-refractivity contribution in [2.45, 2.75) is 6.92 Å². The number of anilines is 1. The molecule has 5 rings (SSSR count). The fourth-order valence-corrected chi connectivity index (χ4v) is 4.13. The molecule has 3 aromatic carbocycles. The smallest absolute Gasteiger partial charge is 0.206 e. The van der Waals surface area contributed by atoms with Crippen LogP contribution in [0, 0.1) is 0 Å². The number of thiazole rings is 1. The minimum Gasteiger partial charge on any atom is -0.360 e. The van der Waals surface area contributed by atoms with Crippen molar-refractivity contribution in [2.75, 3.05) is 5.43 Å². The van der Waals surface area contributed by atoms with Crippen molar-refractivity contribution in [1.29, 1.82) is 0 Å². The molecule has 0 fully saturated rings. The first-order chi connectivity index (χ1) is 15.8. The van der Waals surface area contributed by atoms with E-state index in [-0.39, 0.29) is 0 Å². The van der Waals surface area contributed by atoms with Crippen LogP contribution in [0.15, 0.2) is 106 Å². The van der Waals surface area contributed by atoms with Crippen molar-refractivity contribution in [1.82, 2.24) is 9.97 Å². The molecule has 0 aliphatic heterocycles. The second-order valence-electron chi connectivity index (χ2n) is 7.13. The molecule has 0 bridgehead atoms. The average molecular weight is 437 g/mol. The van der Waals surface area contributed by atoms with Gasteiger partial charge < -0.3 is 4.98 Å². The highest BCUT2D eigenvalue weighted by Crippen LogP contribution is 2.39. The molecule has 0 aliphatic carbocycles.